The van der Waals surface area contributed by atoms with Crippen molar-refractivity contribution in [3.8, 4) is 5.69 Å². The van der Waals surface area contributed by atoms with Gasteiger partial charge in [-0.15, -0.1) is 11.3 Å². The zero-order chi connectivity index (χ0) is 22.0. The standard InChI is InChI=1S/C22H16ClN3O3S2/c1-13(27)14-3-2-4-16(11-14)24-19(28)12-31-22-25-18-9-10-30-20(18)21(29)26(22)17-7-5-15(23)6-8-17/h2-11H,12H2,1H3,(H,24,28). The van der Waals surface area contributed by atoms with Crippen LogP contribution in [0.15, 0.2) is 69.9 Å². The summed E-state index contributed by atoms with van der Waals surface area (Å²) < 4.78 is 2.04. The van der Waals surface area contributed by atoms with Gasteiger partial charge in [-0.2, -0.15) is 0 Å². The maximum Gasteiger partial charge on any atom is 0.276 e. The number of hydrogen-bond donors (Lipinski definition) is 1. The van der Waals surface area contributed by atoms with E-state index < -0.39 is 0 Å². The number of aromatic nitrogens is 2. The zero-order valence-corrected chi connectivity index (χ0v) is 18.7. The number of ketones is 1. The van der Waals surface area contributed by atoms with E-state index in [1.54, 1.807) is 54.6 Å². The lowest BCUT2D eigenvalue weighted by Gasteiger charge is -2.12. The molecule has 0 bridgehead atoms. The van der Waals surface area contributed by atoms with Gasteiger partial charge in [0.25, 0.3) is 5.56 Å². The number of nitrogens with zero attached hydrogens (tertiary/aromatic N) is 2. The largest absolute Gasteiger partial charge is 0.325 e. The summed E-state index contributed by atoms with van der Waals surface area (Å²) in [5, 5.41) is 5.56. The molecule has 1 amide bonds. The van der Waals surface area contributed by atoms with Crippen LogP contribution in [0.4, 0.5) is 5.69 Å². The van der Waals surface area contributed by atoms with E-state index in [1.807, 2.05) is 5.38 Å². The van der Waals surface area contributed by atoms with E-state index in [2.05, 4.69) is 10.3 Å². The van der Waals surface area contributed by atoms with Crippen LogP contribution >= 0.6 is 34.7 Å². The SMILES string of the molecule is CC(=O)c1cccc(NC(=O)CSc2nc3ccsc3c(=O)n2-c2ccc(Cl)cc2)c1. The quantitative estimate of drug-likeness (QED) is 0.243. The average molecular weight is 470 g/mol. The molecule has 156 valence electrons. The highest BCUT2D eigenvalue weighted by molar-refractivity contribution is 7.99. The van der Waals surface area contributed by atoms with Gasteiger partial charge in [0.15, 0.2) is 10.9 Å². The molecule has 4 rings (SSSR count). The van der Waals surface area contributed by atoms with Crippen LogP contribution in [0, 0.1) is 0 Å². The molecule has 0 atom stereocenters. The Kier molecular flexibility index (Phi) is 6.22. The van der Waals surface area contributed by atoms with Crippen LogP contribution in [-0.4, -0.2) is 27.0 Å². The molecule has 0 radical (unpaired) electrons. The predicted octanol–water partition coefficient (Wildman–Crippen LogP) is 5.03. The van der Waals surface area contributed by atoms with Crippen molar-refractivity contribution in [2.24, 2.45) is 0 Å². The van der Waals surface area contributed by atoms with Crippen LogP contribution in [0.5, 0.6) is 0 Å². The van der Waals surface area contributed by atoms with Crippen LogP contribution in [0.2, 0.25) is 5.02 Å². The van der Waals surface area contributed by atoms with E-state index in [0.29, 0.717) is 37.3 Å². The number of hydrogen-bond acceptors (Lipinski definition) is 6. The van der Waals surface area contributed by atoms with Crippen LogP contribution < -0.4 is 10.9 Å². The molecule has 0 saturated heterocycles. The average Bonchev–Trinajstić information content (AvgIpc) is 3.22. The van der Waals surface area contributed by atoms with Crippen LogP contribution in [0.1, 0.15) is 17.3 Å². The normalized spacial score (nSPS) is 10.9. The van der Waals surface area contributed by atoms with Crippen molar-refractivity contribution in [3.05, 3.63) is 80.9 Å². The van der Waals surface area contributed by atoms with Gasteiger partial charge in [0, 0.05) is 16.3 Å². The molecule has 9 heteroatoms. The number of Topliss-reactive ketones (excluding diaryl/α,β-unsaturated/α-hetero) is 1. The second kappa shape index (κ2) is 9.05. The molecule has 0 aliphatic rings. The highest BCUT2D eigenvalue weighted by atomic mass is 35.5. The number of amides is 1. The molecule has 2 heterocycles. The highest BCUT2D eigenvalue weighted by Gasteiger charge is 2.16. The zero-order valence-electron chi connectivity index (χ0n) is 16.3. The van der Waals surface area contributed by atoms with Gasteiger partial charge in [-0.3, -0.25) is 19.0 Å². The summed E-state index contributed by atoms with van der Waals surface area (Å²) in [6.07, 6.45) is 0. The van der Waals surface area contributed by atoms with Gasteiger partial charge in [-0.25, -0.2) is 4.98 Å². The second-order valence-electron chi connectivity index (χ2n) is 6.62. The van der Waals surface area contributed by atoms with E-state index in [9.17, 15) is 14.4 Å². The van der Waals surface area contributed by atoms with Crippen molar-refractivity contribution in [1.82, 2.24) is 9.55 Å². The molecular formula is C22H16ClN3O3S2. The summed E-state index contributed by atoms with van der Waals surface area (Å²) in [6.45, 7) is 1.47. The Morgan fingerprint density at radius 2 is 1.94 bits per heavy atom. The molecule has 0 aliphatic carbocycles. The van der Waals surface area contributed by atoms with Crippen LogP contribution in [0.3, 0.4) is 0 Å². The first-order chi connectivity index (χ1) is 14.9. The predicted molar refractivity (Wildman–Crippen MR) is 126 cm³/mol. The summed E-state index contributed by atoms with van der Waals surface area (Å²) in [6, 6.07) is 15.4. The maximum absolute atomic E-state index is 13.1. The van der Waals surface area contributed by atoms with Crippen molar-refractivity contribution >= 4 is 62.3 Å². The first kappa shape index (κ1) is 21.3. The van der Waals surface area contributed by atoms with E-state index in [1.165, 1.54) is 22.8 Å². The van der Waals surface area contributed by atoms with Gasteiger partial charge in [0.05, 0.1) is 17.0 Å². The molecule has 2 aromatic heterocycles. The van der Waals surface area contributed by atoms with Crippen molar-refractivity contribution in [2.75, 3.05) is 11.1 Å². The van der Waals surface area contributed by atoms with Gasteiger partial charge in [0.2, 0.25) is 5.91 Å². The molecule has 0 spiro atoms. The van der Waals surface area contributed by atoms with Gasteiger partial charge in [-0.05, 0) is 54.8 Å². The van der Waals surface area contributed by atoms with Gasteiger partial charge >= 0.3 is 0 Å². The molecule has 2 aromatic carbocycles. The van der Waals surface area contributed by atoms with Gasteiger partial charge < -0.3 is 5.32 Å². The molecular weight excluding hydrogens is 454 g/mol. The van der Waals surface area contributed by atoms with Crippen molar-refractivity contribution in [1.29, 1.82) is 0 Å². The first-order valence-corrected chi connectivity index (χ1v) is 11.5. The Labute approximate surface area is 190 Å². The number of benzene rings is 2. The maximum atomic E-state index is 13.1. The van der Waals surface area contributed by atoms with Crippen molar-refractivity contribution < 1.29 is 9.59 Å². The summed E-state index contributed by atoms with van der Waals surface area (Å²) in [4.78, 5) is 41.7. The minimum atomic E-state index is -0.270. The van der Waals surface area contributed by atoms with E-state index in [4.69, 9.17) is 11.6 Å². The molecule has 1 N–H and O–H groups in total. The van der Waals surface area contributed by atoms with Gasteiger partial charge in [0.1, 0.15) is 4.70 Å². The Balaban J connectivity index is 1.60. The summed E-state index contributed by atoms with van der Waals surface area (Å²) >= 11 is 8.47. The van der Waals surface area contributed by atoms with Crippen molar-refractivity contribution in [2.45, 2.75) is 12.1 Å². The number of carbonyl (C=O) groups is 2. The molecule has 0 saturated carbocycles. The summed E-state index contributed by atoms with van der Waals surface area (Å²) in [5.74, 6) is -0.307. The first-order valence-electron chi connectivity index (χ1n) is 9.22. The molecule has 0 fully saturated rings. The monoisotopic (exact) mass is 469 g/mol. The fraction of sp³-hybridized carbons (Fsp3) is 0.0909. The van der Waals surface area contributed by atoms with Crippen LogP contribution in [-0.2, 0) is 4.79 Å². The number of fused-ring (bicyclic) bond motifs is 1. The lowest BCUT2D eigenvalue weighted by molar-refractivity contribution is -0.113. The third kappa shape index (κ3) is 4.71. The number of nitrogens with one attached hydrogen (secondary N) is 1. The Bertz CT molecular complexity index is 1350. The smallest absolute Gasteiger partial charge is 0.276 e. The number of halogens is 1. The van der Waals surface area contributed by atoms with Crippen molar-refractivity contribution in [3.63, 3.8) is 0 Å². The fourth-order valence-electron chi connectivity index (χ4n) is 2.95. The van der Waals surface area contributed by atoms with Crippen LogP contribution in [0.25, 0.3) is 15.9 Å². The minimum absolute atomic E-state index is 0.0416. The Hall–Kier alpha value is -2.94. The number of rotatable bonds is 6. The second-order valence-corrected chi connectivity index (χ2v) is 8.92. The highest BCUT2D eigenvalue weighted by Crippen LogP contribution is 2.24. The molecule has 0 unspecified atom stereocenters. The summed E-state index contributed by atoms with van der Waals surface area (Å²) in [5.41, 5.74) is 2.08. The third-order valence-corrected chi connectivity index (χ3v) is 6.50. The molecule has 0 aliphatic heterocycles. The van der Waals surface area contributed by atoms with Gasteiger partial charge in [-0.1, -0.05) is 35.5 Å². The van der Waals surface area contributed by atoms with E-state index in [0.717, 1.165) is 11.8 Å². The third-order valence-electron chi connectivity index (χ3n) is 4.42. The summed E-state index contributed by atoms with van der Waals surface area (Å²) in [7, 11) is 0. The van der Waals surface area contributed by atoms with E-state index >= 15 is 0 Å². The molecule has 6 nitrogen and oxygen atoms in total. The minimum Gasteiger partial charge on any atom is -0.325 e. The number of thioether (sulfide) groups is 1. The number of carbonyl (C=O) groups excluding carboxylic acids is 2. The fourth-order valence-corrected chi connectivity index (χ4v) is 4.65. The Morgan fingerprint density at radius 1 is 1.16 bits per heavy atom. The topological polar surface area (TPSA) is 81.1 Å². The lowest BCUT2D eigenvalue weighted by Crippen LogP contribution is -2.22. The number of thiophene rings is 1. The Morgan fingerprint density at radius 3 is 2.68 bits per heavy atom. The lowest BCUT2D eigenvalue weighted by atomic mass is 10.1. The number of anilines is 1. The molecule has 31 heavy (non-hydrogen) atoms. The van der Waals surface area contributed by atoms with E-state index in [-0.39, 0.29) is 23.0 Å². The molecule has 4 aromatic rings.